The maximum Gasteiger partial charge on any atom is 0.215 e. The van der Waals surface area contributed by atoms with E-state index in [4.69, 9.17) is 0 Å². The normalized spacial score (nSPS) is 11.3. The Bertz CT molecular complexity index is 1130. The Morgan fingerprint density at radius 1 is 0.933 bits per heavy atom. The number of hydrogen-bond acceptors (Lipinski definition) is 7. The molecule has 0 aliphatic carbocycles. The van der Waals surface area contributed by atoms with Gasteiger partial charge in [0.25, 0.3) is 0 Å². The minimum atomic E-state index is -3.83. The average molecular weight is 434 g/mol. The molecule has 0 saturated heterocycles. The Morgan fingerprint density at radius 3 is 2.50 bits per heavy atom. The van der Waals surface area contributed by atoms with Crippen LogP contribution in [-0.2, 0) is 15.8 Å². The summed E-state index contributed by atoms with van der Waals surface area (Å²) in [4.78, 5) is 12.4. The van der Waals surface area contributed by atoms with E-state index in [1.807, 2.05) is 19.1 Å². The Labute approximate surface area is 172 Å². The van der Waals surface area contributed by atoms with Gasteiger partial charge in [-0.3, -0.25) is 0 Å². The van der Waals surface area contributed by atoms with Crippen molar-refractivity contribution in [1.82, 2.24) is 19.7 Å². The SMILES string of the molecule is Cc1ccnc(Nc2cc(NCCNS(=O)(=O)Cc3cc(F)ccc3F)ncn2)c1. The van der Waals surface area contributed by atoms with Gasteiger partial charge in [-0.25, -0.2) is 36.9 Å². The van der Waals surface area contributed by atoms with E-state index in [2.05, 4.69) is 30.3 Å². The lowest BCUT2D eigenvalue weighted by atomic mass is 10.2. The molecular weight excluding hydrogens is 414 g/mol. The zero-order chi connectivity index (χ0) is 21.6. The first kappa shape index (κ1) is 21.5. The molecule has 0 fully saturated rings. The third-order valence-electron chi connectivity index (χ3n) is 3.95. The molecule has 0 amide bonds. The summed E-state index contributed by atoms with van der Waals surface area (Å²) >= 11 is 0. The monoisotopic (exact) mass is 434 g/mol. The number of sulfonamides is 1. The lowest BCUT2D eigenvalue weighted by molar-refractivity contribution is 0.571. The van der Waals surface area contributed by atoms with Crippen molar-refractivity contribution >= 4 is 27.5 Å². The molecule has 0 radical (unpaired) electrons. The molecule has 158 valence electrons. The summed E-state index contributed by atoms with van der Waals surface area (Å²) in [5.74, 6) is -0.483. The number of halogens is 2. The third-order valence-corrected chi connectivity index (χ3v) is 5.28. The van der Waals surface area contributed by atoms with Crippen molar-refractivity contribution < 1.29 is 17.2 Å². The topological polar surface area (TPSA) is 109 Å². The number of rotatable bonds is 9. The maximum absolute atomic E-state index is 13.6. The molecule has 30 heavy (non-hydrogen) atoms. The van der Waals surface area contributed by atoms with Crippen molar-refractivity contribution in [2.24, 2.45) is 0 Å². The van der Waals surface area contributed by atoms with Gasteiger partial charge in [0.2, 0.25) is 10.0 Å². The van der Waals surface area contributed by atoms with Gasteiger partial charge in [-0.05, 0) is 42.8 Å². The zero-order valence-electron chi connectivity index (χ0n) is 16.1. The summed E-state index contributed by atoms with van der Waals surface area (Å²) in [5.41, 5.74) is 0.817. The van der Waals surface area contributed by atoms with Gasteiger partial charge in [0.15, 0.2) is 0 Å². The van der Waals surface area contributed by atoms with Gasteiger partial charge in [0.1, 0.15) is 35.4 Å². The van der Waals surface area contributed by atoms with Crippen LogP contribution in [0.3, 0.4) is 0 Å². The Morgan fingerprint density at radius 2 is 1.70 bits per heavy atom. The Hall–Kier alpha value is -3.18. The Kier molecular flexibility index (Phi) is 6.85. The van der Waals surface area contributed by atoms with Gasteiger partial charge < -0.3 is 10.6 Å². The first-order valence-electron chi connectivity index (χ1n) is 8.97. The van der Waals surface area contributed by atoms with E-state index in [0.29, 0.717) is 17.5 Å². The molecule has 3 rings (SSSR count). The van der Waals surface area contributed by atoms with Gasteiger partial charge in [0.05, 0.1) is 5.75 Å². The van der Waals surface area contributed by atoms with Crippen LogP contribution in [-0.4, -0.2) is 36.5 Å². The number of aromatic nitrogens is 3. The van der Waals surface area contributed by atoms with Crippen LogP contribution >= 0.6 is 0 Å². The number of nitrogens with one attached hydrogen (secondary N) is 3. The van der Waals surface area contributed by atoms with Gasteiger partial charge >= 0.3 is 0 Å². The standard InChI is InChI=1S/C19H20F2N6O2S/c1-13-4-5-22-18(8-13)27-19-10-17(24-12-25-19)23-6-7-26-30(28,29)11-14-9-15(20)2-3-16(14)21/h2-5,8-10,12,26H,6-7,11H2,1H3,(H2,22,23,24,25,27). The molecule has 11 heteroatoms. The quantitative estimate of drug-likeness (QED) is 0.444. The smallest absolute Gasteiger partial charge is 0.215 e. The van der Waals surface area contributed by atoms with Crippen LogP contribution in [0.2, 0.25) is 0 Å². The summed E-state index contributed by atoms with van der Waals surface area (Å²) in [5, 5.41) is 6.02. The first-order valence-corrected chi connectivity index (χ1v) is 10.6. The van der Waals surface area contributed by atoms with E-state index < -0.39 is 27.4 Å². The van der Waals surface area contributed by atoms with Gasteiger partial charge in [-0.1, -0.05) is 0 Å². The summed E-state index contributed by atoms with van der Waals surface area (Å²) < 4.78 is 53.3. The minimum absolute atomic E-state index is 0.0332. The molecule has 0 unspecified atom stereocenters. The van der Waals surface area contributed by atoms with E-state index >= 15 is 0 Å². The molecular formula is C19H20F2N6O2S. The lowest BCUT2D eigenvalue weighted by Gasteiger charge is -2.10. The minimum Gasteiger partial charge on any atom is -0.369 e. The van der Waals surface area contributed by atoms with Crippen molar-refractivity contribution in [2.45, 2.75) is 12.7 Å². The lowest BCUT2D eigenvalue weighted by Crippen LogP contribution is -2.30. The van der Waals surface area contributed by atoms with Crippen molar-refractivity contribution in [3.8, 4) is 0 Å². The van der Waals surface area contributed by atoms with Crippen LogP contribution in [0.5, 0.6) is 0 Å². The fourth-order valence-electron chi connectivity index (χ4n) is 2.56. The van der Waals surface area contributed by atoms with Crippen molar-refractivity contribution in [3.05, 3.63) is 71.7 Å². The van der Waals surface area contributed by atoms with Crippen LogP contribution < -0.4 is 15.4 Å². The van der Waals surface area contributed by atoms with Crippen LogP contribution in [0, 0.1) is 18.6 Å². The highest BCUT2D eigenvalue weighted by atomic mass is 32.2. The average Bonchev–Trinajstić information content (AvgIpc) is 2.68. The second-order valence-electron chi connectivity index (χ2n) is 6.45. The first-order chi connectivity index (χ1) is 14.3. The van der Waals surface area contributed by atoms with Crippen LogP contribution in [0.4, 0.5) is 26.2 Å². The number of aryl methyl sites for hydroxylation is 1. The number of anilines is 3. The number of hydrogen-bond donors (Lipinski definition) is 3. The maximum atomic E-state index is 13.6. The summed E-state index contributed by atoms with van der Waals surface area (Å²) in [6, 6.07) is 8.09. The molecule has 0 aliphatic rings. The van der Waals surface area contributed by atoms with E-state index in [9.17, 15) is 17.2 Å². The fourth-order valence-corrected chi connectivity index (χ4v) is 3.71. The third kappa shape index (κ3) is 6.42. The van der Waals surface area contributed by atoms with E-state index in [1.54, 1.807) is 12.3 Å². The number of nitrogens with zero attached hydrogens (tertiary/aromatic N) is 3. The predicted molar refractivity (Wildman–Crippen MR) is 110 cm³/mol. The van der Waals surface area contributed by atoms with Crippen molar-refractivity contribution in [3.63, 3.8) is 0 Å². The second kappa shape index (κ2) is 9.55. The van der Waals surface area contributed by atoms with E-state index in [1.165, 1.54) is 6.33 Å². The van der Waals surface area contributed by atoms with E-state index in [0.717, 1.165) is 23.8 Å². The molecule has 2 aromatic heterocycles. The molecule has 0 atom stereocenters. The highest BCUT2D eigenvalue weighted by molar-refractivity contribution is 7.88. The number of benzene rings is 1. The molecule has 1 aromatic carbocycles. The molecule has 0 aliphatic heterocycles. The highest BCUT2D eigenvalue weighted by Crippen LogP contribution is 2.15. The fraction of sp³-hybridized carbons (Fsp3) is 0.211. The van der Waals surface area contributed by atoms with Crippen LogP contribution in [0.15, 0.2) is 48.9 Å². The molecule has 0 spiro atoms. The second-order valence-corrected chi connectivity index (χ2v) is 8.25. The summed E-state index contributed by atoms with van der Waals surface area (Å²) in [6.07, 6.45) is 3.04. The summed E-state index contributed by atoms with van der Waals surface area (Å²) in [7, 11) is -3.83. The van der Waals surface area contributed by atoms with Crippen LogP contribution in [0.1, 0.15) is 11.1 Å². The van der Waals surface area contributed by atoms with Crippen molar-refractivity contribution in [1.29, 1.82) is 0 Å². The molecule has 0 saturated carbocycles. The molecule has 2 heterocycles. The molecule has 3 N–H and O–H groups in total. The number of pyridine rings is 1. The predicted octanol–water partition coefficient (Wildman–Crippen LogP) is 2.73. The van der Waals surface area contributed by atoms with Gasteiger partial charge in [-0.2, -0.15) is 0 Å². The van der Waals surface area contributed by atoms with Crippen molar-refractivity contribution in [2.75, 3.05) is 23.7 Å². The van der Waals surface area contributed by atoms with Crippen LogP contribution in [0.25, 0.3) is 0 Å². The Balaban J connectivity index is 1.51. The zero-order valence-corrected chi connectivity index (χ0v) is 16.9. The largest absolute Gasteiger partial charge is 0.369 e. The van der Waals surface area contributed by atoms with E-state index in [-0.39, 0.29) is 18.7 Å². The molecule has 0 bridgehead atoms. The highest BCUT2D eigenvalue weighted by Gasteiger charge is 2.15. The molecule has 3 aromatic rings. The summed E-state index contributed by atoms with van der Waals surface area (Å²) in [6.45, 7) is 2.21. The molecule has 8 nitrogen and oxygen atoms in total. The van der Waals surface area contributed by atoms with Gasteiger partial charge in [0, 0.05) is 30.9 Å². The van der Waals surface area contributed by atoms with Gasteiger partial charge in [-0.15, -0.1) is 0 Å².